The molecule has 1 atom stereocenters. The lowest BCUT2D eigenvalue weighted by molar-refractivity contribution is -0.132. The van der Waals surface area contributed by atoms with Crippen molar-refractivity contribution in [3.63, 3.8) is 0 Å². The molecule has 2 heterocycles. The minimum atomic E-state index is -0.897. The number of nitrogens with zero attached hydrogens (tertiary/aromatic N) is 2. The SMILES string of the molecule is N#CC1(C(=O)NCC2CCCN(c3ccccc3)C2)CCOCC1. The lowest BCUT2D eigenvalue weighted by atomic mass is 9.80. The van der Waals surface area contributed by atoms with Gasteiger partial charge in [0.15, 0.2) is 0 Å². The molecule has 0 radical (unpaired) electrons. The fourth-order valence-electron chi connectivity index (χ4n) is 3.62. The minimum absolute atomic E-state index is 0.120. The zero-order valence-electron chi connectivity index (χ0n) is 14.0. The van der Waals surface area contributed by atoms with Crippen LogP contribution in [0, 0.1) is 22.7 Å². The molecule has 3 rings (SSSR count). The number of carbonyl (C=O) groups excluding carboxylic acids is 1. The fraction of sp³-hybridized carbons (Fsp3) is 0.579. The average molecular weight is 327 g/mol. The van der Waals surface area contributed by atoms with E-state index in [9.17, 15) is 10.1 Å². The Kier molecular flexibility index (Phi) is 5.37. The summed E-state index contributed by atoms with van der Waals surface area (Å²) in [6, 6.07) is 12.6. The maximum absolute atomic E-state index is 12.5. The van der Waals surface area contributed by atoms with Crippen molar-refractivity contribution in [3.05, 3.63) is 30.3 Å². The van der Waals surface area contributed by atoms with Gasteiger partial charge in [0, 0.05) is 38.5 Å². The summed E-state index contributed by atoms with van der Waals surface area (Å²) in [6.07, 6.45) is 3.24. The van der Waals surface area contributed by atoms with Crippen LogP contribution < -0.4 is 10.2 Å². The van der Waals surface area contributed by atoms with E-state index in [4.69, 9.17) is 4.74 Å². The Labute approximate surface area is 143 Å². The lowest BCUT2D eigenvalue weighted by Gasteiger charge is -2.35. The predicted octanol–water partition coefficient (Wildman–Crippen LogP) is 2.34. The van der Waals surface area contributed by atoms with Crippen molar-refractivity contribution in [1.82, 2.24) is 5.32 Å². The summed E-state index contributed by atoms with van der Waals surface area (Å²) in [5, 5.41) is 12.5. The third-order valence-electron chi connectivity index (χ3n) is 5.19. The highest BCUT2D eigenvalue weighted by Crippen LogP contribution is 2.30. The highest BCUT2D eigenvalue weighted by atomic mass is 16.5. The lowest BCUT2D eigenvalue weighted by Crippen LogP contribution is -2.47. The second kappa shape index (κ2) is 7.67. The number of rotatable bonds is 4. The number of nitrogens with one attached hydrogen (secondary N) is 1. The molecule has 1 amide bonds. The molecule has 2 saturated heterocycles. The van der Waals surface area contributed by atoms with E-state index >= 15 is 0 Å². The van der Waals surface area contributed by atoms with E-state index in [1.165, 1.54) is 5.69 Å². The van der Waals surface area contributed by atoms with Gasteiger partial charge in [-0.05, 0) is 43.7 Å². The first-order valence-corrected chi connectivity index (χ1v) is 8.81. The molecule has 5 heteroatoms. The van der Waals surface area contributed by atoms with Gasteiger partial charge in [-0.25, -0.2) is 0 Å². The number of carbonyl (C=O) groups is 1. The van der Waals surface area contributed by atoms with Gasteiger partial charge >= 0.3 is 0 Å². The number of amides is 1. The Morgan fingerprint density at radius 1 is 1.33 bits per heavy atom. The van der Waals surface area contributed by atoms with Crippen LogP contribution in [-0.2, 0) is 9.53 Å². The zero-order valence-corrected chi connectivity index (χ0v) is 14.0. The van der Waals surface area contributed by atoms with Crippen LogP contribution in [0.15, 0.2) is 30.3 Å². The van der Waals surface area contributed by atoms with E-state index in [0.29, 0.717) is 38.5 Å². The van der Waals surface area contributed by atoms with E-state index in [1.54, 1.807) is 0 Å². The molecule has 2 fully saturated rings. The number of piperidine rings is 1. The van der Waals surface area contributed by atoms with Crippen LogP contribution in [-0.4, -0.2) is 38.8 Å². The zero-order chi connectivity index (χ0) is 16.8. The maximum Gasteiger partial charge on any atom is 0.240 e. The van der Waals surface area contributed by atoms with Crippen molar-refractivity contribution in [2.24, 2.45) is 11.3 Å². The number of ether oxygens (including phenoxy) is 1. The largest absolute Gasteiger partial charge is 0.381 e. The first kappa shape index (κ1) is 16.8. The number of para-hydroxylation sites is 1. The first-order chi connectivity index (χ1) is 11.7. The molecule has 5 nitrogen and oxygen atoms in total. The van der Waals surface area contributed by atoms with E-state index < -0.39 is 5.41 Å². The quantitative estimate of drug-likeness (QED) is 0.922. The van der Waals surface area contributed by atoms with Crippen molar-refractivity contribution in [2.75, 3.05) is 37.7 Å². The minimum Gasteiger partial charge on any atom is -0.381 e. The molecule has 0 aliphatic carbocycles. The molecule has 128 valence electrons. The summed E-state index contributed by atoms with van der Waals surface area (Å²) in [7, 11) is 0. The highest BCUT2D eigenvalue weighted by Gasteiger charge is 2.40. The molecule has 24 heavy (non-hydrogen) atoms. The van der Waals surface area contributed by atoms with Gasteiger partial charge in [0.1, 0.15) is 5.41 Å². The van der Waals surface area contributed by atoms with Gasteiger partial charge in [0.05, 0.1) is 6.07 Å². The summed E-state index contributed by atoms with van der Waals surface area (Å²) in [4.78, 5) is 14.9. The molecule has 1 N–H and O–H groups in total. The number of hydrogen-bond donors (Lipinski definition) is 1. The Hall–Kier alpha value is -2.06. The summed E-state index contributed by atoms with van der Waals surface area (Å²) in [5.41, 5.74) is 0.345. The molecule has 1 aromatic rings. The van der Waals surface area contributed by atoms with E-state index in [1.807, 2.05) is 6.07 Å². The molecule has 0 bridgehead atoms. The van der Waals surface area contributed by atoms with Gasteiger partial charge in [-0.15, -0.1) is 0 Å². The van der Waals surface area contributed by atoms with Crippen molar-refractivity contribution in [3.8, 4) is 6.07 Å². The number of benzene rings is 1. The topological polar surface area (TPSA) is 65.4 Å². The maximum atomic E-state index is 12.5. The standard InChI is InChI=1S/C19H25N3O2/c20-15-19(8-11-24-12-9-19)18(23)21-13-16-5-4-10-22(14-16)17-6-2-1-3-7-17/h1-3,6-7,16H,4-5,8-14H2,(H,21,23). The number of nitriles is 1. The van der Waals surface area contributed by atoms with Gasteiger partial charge in [-0.2, -0.15) is 5.26 Å². The van der Waals surface area contributed by atoms with E-state index in [-0.39, 0.29) is 5.91 Å². The third-order valence-corrected chi connectivity index (χ3v) is 5.19. The summed E-state index contributed by atoms with van der Waals surface area (Å²) in [5.74, 6) is 0.309. The summed E-state index contributed by atoms with van der Waals surface area (Å²) < 4.78 is 5.30. The Bertz CT molecular complexity index is 590. The van der Waals surface area contributed by atoms with Gasteiger partial charge < -0.3 is 15.0 Å². The second-order valence-electron chi connectivity index (χ2n) is 6.81. The van der Waals surface area contributed by atoms with Gasteiger partial charge in [-0.1, -0.05) is 18.2 Å². The molecule has 2 aliphatic heterocycles. The summed E-state index contributed by atoms with van der Waals surface area (Å²) >= 11 is 0. The summed E-state index contributed by atoms with van der Waals surface area (Å²) in [6.45, 7) is 3.64. The van der Waals surface area contributed by atoms with E-state index in [0.717, 1.165) is 25.9 Å². The van der Waals surface area contributed by atoms with Crippen molar-refractivity contribution in [2.45, 2.75) is 25.7 Å². The highest BCUT2D eigenvalue weighted by molar-refractivity contribution is 5.85. The fourth-order valence-corrected chi connectivity index (χ4v) is 3.62. The van der Waals surface area contributed by atoms with E-state index in [2.05, 4.69) is 40.6 Å². The predicted molar refractivity (Wildman–Crippen MR) is 92.5 cm³/mol. The smallest absolute Gasteiger partial charge is 0.240 e. The van der Waals surface area contributed by atoms with Gasteiger partial charge in [0.2, 0.25) is 5.91 Å². The van der Waals surface area contributed by atoms with Crippen LogP contribution in [0.4, 0.5) is 5.69 Å². The van der Waals surface area contributed by atoms with Crippen LogP contribution in [0.3, 0.4) is 0 Å². The molecule has 0 spiro atoms. The Morgan fingerprint density at radius 3 is 2.79 bits per heavy atom. The van der Waals surface area contributed by atoms with Crippen LogP contribution in [0.2, 0.25) is 0 Å². The Balaban J connectivity index is 1.54. The van der Waals surface area contributed by atoms with Gasteiger partial charge in [0.25, 0.3) is 0 Å². The molecular formula is C19H25N3O2. The molecule has 1 unspecified atom stereocenters. The Morgan fingerprint density at radius 2 is 2.08 bits per heavy atom. The number of anilines is 1. The molecular weight excluding hydrogens is 302 g/mol. The second-order valence-corrected chi connectivity index (χ2v) is 6.81. The molecule has 0 saturated carbocycles. The number of hydrogen-bond acceptors (Lipinski definition) is 4. The van der Waals surface area contributed by atoms with Crippen molar-refractivity contribution in [1.29, 1.82) is 5.26 Å². The molecule has 0 aromatic heterocycles. The van der Waals surface area contributed by atoms with Crippen LogP contribution in [0.25, 0.3) is 0 Å². The average Bonchev–Trinajstić information content (AvgIpc) is 2.67. The normalized spacial score (nSPS) is 23.3. The first-order valence-electron chi connectivity index (χ1n) is 8.81. The molecule has 2 aliphatic rings. The van der Waals surface area contributed by atoms with Crippen molar-refractivity contribution >= 4 is 11.6 Å². The third kappa shape index (κ3) is 3.70. The van der Waals surface area contributed by atoms with Crippen LogP contribution in [0.1, 0.15) is 25.7 Å². The van der Waals surface area contributed by atoms with Crippen LogP contribution >= 0.6 is 0 Å². The van der Waals surface area contributed by atoms with Crippen molar-refractivity contribution < 1.29 is 9.53 Å². The van der Waals surface area contributed by atoms with Gasteiger partial charge in [-0.3, -0.25) is 4.79 Å². The monoisotopic (exact) mass is 327 g/mol. The van der Waals surface area contributed by atoms with Crippen LogP contribution in [0.5, 0.6) is 0 Å². The molecule has 1 aromatic carbocycles.